The molecule has 3 N–H and O–H groups in total. The van der Waals surface area contributed by atoms with Crippen LogP contribution in [0.25, 0.3) is 0 Å². The molecule has 39 heavy (non-hydrogen) atoms. The summed E-state index contributed by atoms with van der Waals surface area (Å²) in [4.78, 5) is 12.6. The first-order chi connectivity index (χ1) is 18.6. The van der Waals surface area contributed by atoms with Crippen molar-refractivity contribution >= 4 is 6.09 Å². The number of nitrogens with one attached hydrogen (secondary N) is 2. The molecule has 0 aliphatic carbocycles. The number of carbonyl (C=O) groups excluding carboxylic acids is 1. The molecule has 5 heteroatoms. The van der Waals surface area contributed by atoms with Crippen molar-refractivity contribution in [2.24, 2.45) is 5.92 Å². The first-order valence-electron chi connectivity index (χ1n) is 14.2. The van der Waals surface area contributed by atoms with Crippen molar-refractivity contribution in [3.63, 3.8) is 0 Å². The van der Waals surface area contributed by atoms with Crippen molar-refractivity contribution in [2.45, 2.75) is 90.1 Å². The molecule has 210 valence electrons. The molecule has 0 fully saturated rings. The second kappa shape index (κ2) is 14.9. The number of benzene rings is 3. The summed E-state index contributed by atoms with van der Waals surface area (Å²) in [6.07, 6.45) is 1.51. The van der Waals surface area contributed by atoms with Crippen LogP contribution in [0.4, 0.5) is 4.79 Å². The van der Waals surface area contributed by atoms with Crippen LogP contribution < -0.4 is 10.6 Å². The average molecular weight is 531 g/mol. The van der Waals surface area contributed by atoms with Crippen molar-refractivity contribution in [1.29, 1.82) is 0 Å². The molecular formula is C34H46N2O3. The Morgan fingerprint density at radius 2 is 1.31 bits per heavy atom. The molecule has 0 radical (unpaired) electrons. The van der Waals surface area contributed by atoms with Gasteiger partial charge in [0.05, 0.1) is 6.10 Å². The lowest BCUT2D eigenvalue weighted by molar-refractivity contribution is 0.0454. The van der Waals surface area contributed by atoms with Crippen molar-refractivity contribution in [3.05, 3.63) is 108 Å². The summed E-state index contributed by atoms with van der Waals surface area (Å²) in [7, 11) is 0. The molecule has 0 heterocycles. The summed E-state index contributed by atoms with van der Waals surface area (Å²) in [5.41, 5.74) is 2.98. The minimum absolute atomic E-state index is 0.0133. The molecule has 1 amide bonds. The molecule has 4 atom stereocenters. The Kier molecular flexibility index (Phi) is 11.6. The minimum atomic E-state index is -0.689. The van der Waals surface area contributed by atoms with Crippen LogP contribution in [-0.2, 0) is 17.6 Å². The fourth-order valence-corrected chi connectivity index (χ4v) is 4.95. The molecule has 3 aromatic rings. The Bertz CT molecular complexity index is 1100. The van der Waals surface area contributed by atoms with Gasteiger partial charge in [-0.05, 0) is 69.1 Å². The fraction of sp³-hybridized carbons (Fsp3) is 0.441. The van der Waals surface area contributed by atoms with Crippen molar-refractivity contribution in [3.8, 4) is 0 Å². The fourth-order valence-electron chi connectivity index (χ4n) is 4.95. The molecule has 0 aromatic heterocycles. The smallest absolute Gasteiger partial charge is 0.407 e. The zero-order valence-electron chi connectivity index (χ0n) is 24.1. The van der Waals surface area contributed by atoms with Gasteiger partial charge in [0.2, 0.25) is 0 Å². The van der Waals surface area contributed by atoms with Gasteiger partial charge in [-0.15, -0.1) is 0 Å². The van der Waals surface area contributed by atoms with E-state index in [1.54, 1.807) is 0 Å². The molecule has 0 aliphatic heterocycles. The van der Waals surface area contributed by atoms with Gasteiger partial charge < -0.3 is 20.5 Å². The predicted molar refractivity (Wildman–Crippen MR) is 160 cm³/mol. The highest BCUT2D eigenvalue weighted by Crippen LogP contribution is 2.23. The number of rotatable bonds is 13. The number of ether oxygens (including phenoxy) is 1. The number of hydrogen-bond acceptors (Lipinski definition) is 4. The lowest BCUT2D eigenvalue weighted by Gasteiger charge is -2.33. The lowest BCUT2D eigenvalue weighted by Crippen LogP contribution is -2.48. The van der Waals surface area contributed by atoms with Crippen molar-refractivity contribution < 1.29 is 14.6 Å². The summed E-state index contributed by atoms with van der Waals surface area (Å²) in [5.74, 6) is 0.354. The number of amides is 1. The summed E-state index contributed by atoms with van der Waals surface area (Å²) in [6, 6.07) is 30.7. The zero-order chi connectivity index (χ0) is 28.3. The molecule has 3 aromatic carbocycles. The highest BCUT2D eigenvalue weighted by atomic mass is 16.6. The molecule has 3 rings (SSSR count). The van der Waals surface area contributed by atoms with E-state index < -0.39 is 17.8 Å². The van der Waals surface area contributed by atoms with E-state index in [2.05, 4.69) is 85.1 Å². The topological polar surface area (TPSA) is 70.6 Å². The Labute approximate surface area is 235 Å². The van der Waals surface area contributed by atoms with E-state index in [4.69, 9.17) is 4.74 Å². The van der Waals surface area contributed by atoms with Gasteiger partial charge in [0.25, 0.3) is 0 Å². The molecule has 5 nitrogen and oxygen atoms in total. The van der Waals surface area contributed by atoms with Crippen LogP contribution in [0.15, 0.2) is 91.0 Å². The van der Waals surface area contributed by atoms with Crippen LogP contribution in [0.2, 0.25) is 0 Å². The Balaban J connectivity index is 1.85. The molecule has 1 unspecified atom stereocenters. The highest BCUT2D eigenvalue weighted by Gasteiger charge is 2.28. The van der Waals surface area contributed by atoms with Crippen LogP contribution in [0.5, 0.6) is 0 Å². The van der Waals surface area contributed by atoms with Gasteiger partial charge in [-0.2, -0.15) is 0 Å². The number of aliphatic hydroxyl groups excluding tert-OH is 1. The third-order valence-electron chi connectivity index (χ3n) is 6.67. The van der Waals surface area contributed by atoms with Gasteiger partial charge in [0, 0.05) is 18.1 Å². The standard InChI is InChI=1S/C34H46N2O3/c1-25(2)21-29(35-33(38)39-34(3,4)5)24-32(37)31(23-27-17-11-7-12-18-27)36-30(28-19-13-8-14-20-28)22-26-15-9-6-10-16-26/h6-20,25,29-32,36-37H,21-24H2,1-5H3,(H,35,38)/t29-,30?,31-,32-/m0/s1. The number of alkyl carbamates (subject to hydrolysis) is 1. The first kappa shape index (κ1) is 30.4. The highest BCUT2D eigenvalue weighted by molar-refractivity contribution is 5.68. The maximum absolute atomic E-state index is 12.6. The lowest BCUT2D eigenvalue weighted by atomic mass is 9.91. The average Bonchev–Trinajstić information content (AvgIpc) is 2.88. The van der Waals surface area contributed by atoms with Gasteiger partial charge >= 0.3 is 6.09 Å². The van der Waals surface area contributed by atoms with Crippen LogP contribution >= 0.6 is 0 Å². The van der Waals surface area contributed by atoms with Gasteiger partial charge in [0.1, 0.15) is 5.60 Å². The maximum Gasteiger partial charge on any atom is 0.407 e. The van der Waals surface area contributed by atoms with E-state index >= 15 is 0 Å². The summed E-state index contributed by atoms with van der Waals surface area (Å²) >= 11 is 0. The van der Waals surface area contributed by atoms with Gasteiger partial charge in [-0.3, -0.25) is 0 Å². The Morgan fingerprint density at radius 3 is 1.82 bits per heavy atom. The number of carbonyl (C=O) groups is 1. The van der Waals surface area contributed by atoms with E-state index in [-0.39, 0.29) is 18.1 Å². The second-order valence-corrected chi connectivity index (χ2v) is 11.9. The molecule has 0 aliphatic rings. The van der Waals surface area contributed by atoms with E-state index in [1.807, 2.05) is 51.1 Å². The molecular weight excluding hydrogens is 484 g/mol. The quantitative estimate of drug-likeness (QED) is 0.226. The summed E-state index contributed by atoms with van der Waals surface area (Å²) in [6.45, 7) is 9.82. The molecule has 0 bridgehead atoms. The minimum Gasteiger partial charge on any atom is -0.444 e. The SMILES string of the molecule is CC(C)C[C@@H](C[C@H](O)[C@H](Cc1ccccc1)NC(Cc1ccccc1)c1ccccc1)NC(=O)OC(C)(C)C. The predicted octanol–water partition coefficient (Wildman–Crippen LogP) is 6.86. The van der Waals surface area contributed by atoms with Crippen molar-refractivity contribution in [1.82, 2.24) is 10.6 Å². The second-order valence-electron chi connectivity index (χ2n) is 11.9. The van der Waals surface area contributed by atoms with Crippen LogP contribution in [0.1, 0.15) is 70.2 Å². The van der Waals surface area contributed by atoms with Gasteiger partial charge in [-0.1, -0.05) is 105 Å². The van der Waals surface area contributed by atoms with Crippen LogP contribution in [-0.4, -0.2) is 35.0 Å². The summed E-state index contributed by atoms with van der Waals surface area (Å²) < 4.78 is 5.53. The zero-order valence-corrected chi connectivity index (χ0v) is 24.1. The maximum atomic E-state index is 12.6. The van der Waals surface area contributed by atoms with E-state index in [9.17, 15) is 9.90 Å². The first-order valence-corrected chi connectivity index (χ1v) is 14.2. The van der Waals surface area contributed by atoms with Crippen molar-refractivity contribution in [2.75, 3.05) is 0 Å². The van der Waals surface area contributed by atoms with E-state index in [0.29, 0.717) is 18.8 Å². The molecule has 0 spiro atoms. The van der Waals surface area contributed by atoms with Crippen LogP contribution in [0.3, 0.4) is 0 Å². The largest absolute Gasteiger partial charge is 0.444 e. The van der Waals surface area contributed by atoms with E-state index in [1.165, 1.54) is 11.1 Å². The van der Waals surface area contributed by atoms with Crippen LogP contribution in [0, 0.1) is 5.92 Å². The number of hydrogen-bond donors (Lipinski definition) is 3. The summed E-state index contributed by atoms with van der Waals surface area (Å²) in [5, 5.41) is 18.6. The van der Waals surface area contributed by atoms with E-state index in [0.717, 1.165) is 18.4 Å². The van der Waals surface area contributed by atoms with Gasteiger partial charge in [-0.25, -0.2) is 4.79 Å². The number of aliphatic hydroxyl groups is 1. The Hall–Kier alpha value is -3.15. The normalized spacial score (nSPS) is 14.8. The monoisotopic (exact) mass is 530 g/mol. The molecule has 0 saturated heterocycles. The molecule has 0 saturated carbocycles. The Morgan fingerprint density at radius 1 is 0.795 bits per heavy atom. The third-order valence-corrected chi connectivity index (χ3v) is 6.67. The van der Waals surface area contributed by atoms with Gasteiger partial charge in [0.15, 0.2) is 0 Å². The third kappa shape index (κ3) is 11.2.